The fourth-order valence-corrected chi connectivity index (χ4v) is 2.64. The predicted octanol–water partition coefficient (Wildman–Crippen LogP) is 2.36. The molecule has 1 aromatic carbocycles. The number of carboxylic acids is 1. The summed E-state index contributed by atoms with van der Waals surface area (Å²) in [5.74, 6) is -0.838. The molecule has 1 atom stereocenters. The second-order valence-corrected chi connectivity index (χ2v) is 5.85. The Hall–Kier alpha value is -1.59. The standard InChI is InChI=1S/C16H20ClNO4/c17-13-6-4-12(5-7-13)2-1-3-15(19)18-8-9-22-14(11-18)10-16(20)21/h4-7,14H,1-3,8-11H2,(H,20,21)/t14-/m1/s1. The minimum absolute atomic E-state index is 0.0610. The Morgan fingerprint density at radius 3 is 2.73 bits per heavy atom. The minimum Gasteiger partial charge on any atom is -0.481 e. The van der Waals surface area contributed by atoms with Crippen LogP contribution in [0.2, 0.25) is 5.02 Å². The number of morpholine rings is 1. The van der Waals surface area contributed by atoms with E-state index in [0.717, 1.165) is 18.4 Å². The Morgan fingerprint density at radius 2 is 2.05 bits per heavy atom. The molecule has 5 nitrogen and oxygen atoms in total. The highest BCUT2D eigenvalue weighted by atomic mass is 35.5. The van der Waals surface area contributed by atoms with Gasteiger partial charge in [0.2, 0.25) is 5.91 Å². The number of amides is 1. The van der Waals surface area contributed by atoms with Crippen molar-refractivity contribution in [2.45, 2.75) is 31.8 Å². The van der Waals surface area contributed by atoms with Crippen LogP contribution in [0.1, 0.15) is 24.8 Å². The molecule has 1 aliphatic heterocycles. The van der Waals surface area contributed by atoms with Gasteiger partial charge in [-0.05, 0) is 30.5 Å². The van der Waals surface area contributed by atoms with E-state index in [-0.39, 0.29) is 12.3 Å². The number of halogens is 1. The number of benzene rings is 1. The molecule has 0 radical (unpaired) electrons. The molecular weight excluding hydrogens is 306 g/mol. The molecule has 0 saturated carbocycles. The van der Waals surface area contributed by atoms with Crippen molar-refractivity contribution in [3.05, 3.63) is 34.9 Å². The van der Waals surface area contributed by atoms with Gasteiger partial charge in [-0.25, -0.2) is 0 Å². The van der Waals surface area contributed by atoms with Gasteiger partial charge in [0.15, 0.2) is 0 Å². The summed E-state index contributed by atoms with van der Waals surface area (Å²) in [7, 11) is 0. The average molecular weight is 326 g/mol. The average Bonchev–Trinajstić information content (AvgIpc) is 2.49. The molecule has 120 valence electrons. The van der Waals surface area contributed by atoms with Crippen LogP contribution in [0, 0.1) is 0 Å². The van der Waals surface area contributed by atoms with E-state index in [0.29, 0.717) is 31.1 Å². The molecule has 0 aliphatic carbocycles. The number of hydrogen-bond acceptors (Lipinski definition) is 3. The first kappa shape index (κ1) is 16.8. The molecule has 2 rings (SSSR count). The molecule has 1 saturated heterocycles. The summed E-state index contributed by atoms with van der Waals surface area (Å²) in [6, 6.07) is 7.61. The Kier molecular flexibility index (Phi) is 6.21. The summed E-state index contributed by atoms with van der Waals surface area (Å²) < 4.78 is 5.37. The summed E-state index contributed by atoms with van der Waals surface area (Å²) in [5, 5.41) is 9.49. The van der Waals surface area contributed by atoms with Gasteiger partial charge in [0.1, 0.15) is 0 Å². The van der Waals surface area contributed by atoms with Crippen molar-refractivity contribution in [1.82, 2.24) is 4.90 Å². The zero-order valence-electron chi connectivity index (χ0n) is 12.3. The molecule has 1 N–H and O–H groups in total. The maximum Gasteiger partial charge on any atom is 0.306 e. The number of carboxylic acid groups (broad SMARTS) is 1. The zero-order chi connectivity index (χ0) is 15.9. The largest absolute Gasteiger partial charge is 0.481 e. The molecule has 0 spiro atoms. The maximum atomic E-state index is 12.2. The first-order valence-corrected chi connectivity index (χ1v) is 7.78. The lowest BCUT2D eigenvalue weighted by Crippen LogP contribution is -2.46. The van der Waals surface area contributed by atoms with Crippen molar-refractivity contribution in [3.8, 4) is 0 Å². The molecular formula is C16H20ClNO4. The highest BCUT2D eigenvalue weighted by Crippen LogP contribution is 2.14. The second-order valence-electron chi connectivity index (χ2n) is 5.41. The zero-order valence-corrected chi connectivity index (χ0v) is 13.1. The van der Waals surface area contributed by atoms with Crippen LogP contribution in [0.25, 0.3) is 0 Å². The van der Waals surface area contributed by atoms with Gasteiger partial charge in [0.25, 0.3) is 0 Å². The van der Waals surface area contributed by atoms with Crippen molar-refractivity contribution in [1.29, 1.82) is 0 Å². The number of aryl methyl sites for hydroxylation is 1. The van der Waals surface area contributed by atoms with Gasteiger partial charge >= 0.3 is 5.97 Å². The Balaban J connectivity index is 1.74. The van der Waals surface area contributed by atoms with Crippen LogP contribution in [0.15, 0.2) is 24.3 Å². The van der Waals surface area contributed by atoms with Crippen LogP contribution in [0.4, 0.5) is 0 Å². The fourth-order valence-electron chi connectivity index (χ4n) is 2.52. The Labute approximate surface area is 134 Å². The van der Waals surface area contributed by atoms with E-state index < -0.39 is 12.1 Å². The number of carbonyl (C=O) groups is 2. The lowest BCUT2D eigenvalue weighted by Gasteiger charge is -2.32. The lowest BCUT2D eigenvalue weighted by atomic mass is 10.1. The number of ether oxygens (including phenoxy) is 1. The predicted molar refractivity (Wildman–Crippen MR) is 83.0 cm³/mol. The van der Waals surface area contributed by atoms with Gasteiger partial charge in [-0.15, -0.1) is 0 Å². The van der Waals surface area contributed by atoms with Crippen molar-refractivity contribution in [2.24, 2.45) is 0 Å². The number of hydrogen-bond donors (Lipinski definition) is 1. The maximum absolute atomic E-state index is 12.2. The molecule has 1 aliphatic rings. The Morgan fingerprint density at radius 1 is 1.32 bits per heavy atom. The van der Waals surface area contributed by atoms with E-state index >= 15 is 0 Å². The van der Waals surface area contributed by atoms with Gasteiger partial charge in [-0.2, -0.15) is 0 Å². The topological polar surface area (TPSA) is 66.8 Å². The van der Waals surface area contributed by atoms with Gasteiger partial charge in [-0.1, -0.05) is 23.7 Å². The van der Waals surface area contributed by atoms with Gasteiger partial charge in [0, 0.05) is 24.5 Å². The summed E-state index contributed by atoms with van der Waals surface area (Å²) in [6.07, 6.45) is 1.59. The first-order valence-electron chi connectivity index (χ1n) is 7.40. The third-order valence-corrected chi connectivity index (χ3v) is 3.92. The summed E-state index contributed by atoms with van der Waals surface area (Å²) in [4.78, 5) is 24.6. The molecule has 6 heteroatoms. The highest BCUT2D eigenvalue weighted by molar-refractivity contribution is 6.30. The van der Waals surface area contributed by atoms with E-state index in [1.165, 1.54) is 0 Å². The molecule has 22 heavy (non-hydrogen) atoms. The number of aliphatic carboxylic acids is 1. The third-order valence-electron chi connectivity index (χ3n) is 3.66. The minimum atomic E-state index is -0.901. The molecule has 1 fully saturated rings. The van der Waals surface area contributed by atoms with Crippen LogP contribution in [-0.4, -0.2) is 47.7 Å². The number of nitrogens with zero attached hydrogens (tertiary/aromatic N) is 1. The molecule has 1 aromatic rings. The van der Waals surface area contributed by atoms with Crippen molar-refractivity contribution >= 4 is 23.5 Å². The van der Waals surface area contributed by atoms with Crippen LogP contribution < -0.4 is 0 Å². The molecule has 1 heterocycles. The van der Waals surface area contributed by atoms with E-state index in [2.05, 4.69) is 0 Å². The first-order chi connectivity index (χ1) is 10.5. The van der Waals surface area contributed by atoms with Crippen LogP contribution in [0.5, 0.6) is 0 Å². The summed E-state index contributed by atoms with van der Waals surface area (Å²) >= 11 is 5.83. The van der Waals surface area contributed by atoms with Crippen molar-refractivity contribution in [3.63, 3.8) is 0 Å². The molecule has 0 unspecified atom stereocenters. The lowest BCUT2D eigenvalue weighted by molar-refractivity contribution is -0.147. The highest BCUT2D eigenvalue weighted by Gasteiger charge is 2.25. The van der Waals surface area contributed by atoms with Crippen LogP contribution in [0.3, 0.4) is 0 Å². The van der Waals surface area contributed by atoms with E-state index in [1.54, 1.807) is 4.90 Å². The van der Waals surface area contributed by atoms with E-state index in [9.17, 15) is 9.59 Å². The van der Waals surface area contributed by atoms with Gasteiger partial charge < -0.3 is 14.7 Å². The van der Waals surface area contributed by atoms with Crippen LogP contribution >= 0.6 is 11.6 Å². The smallest absolute Gasteiger partial charge is 0.306 e. The SMILES string of the molecule is O=C(O)C[C@@H]1CN(C(=O)CCCc2ccc(Cl)cc2)CCO1. The van der Waals surface area contributed by atoms with E-state index in [4.69, 9.17) is 21.4 Å². The monoisotopic (exact) mass is 325 g/mol. The molecule has 0 bridgehead atoms. The van der Waals surface area contributed by atoms with Gasteiger partial charge in [0.05, 0.1) is 19.1 Å². The number of carbonyl (C=O) groups excluding carboxylic acids is 1. The third kappa shape index (κ3) is 5.31. The number of rotatable bonds is 6. The summed E-state index contributed by atoms with van der Waals surface area (Å²) in [6.45, 7) is 1.31. The van der Waals surface area contributed by atoms with Crippen molar-refractivity contribution in [2.75, 3.05) is 19.7 Å². The van der Waals surface area contributed by atoms with Gasteiger partial charge in [-0.3, -0.25) is 9.59 Å². The van der Waals surface area contributed by atoms with E-state index in [1.807, 2.05) is 24.3 Å². The Bertz CT molecular complexity index is 517. The fraction of sp³-hybridized carbons (Fsp3) is 0.500. The van der Waals surface area contributed by atoms with Crippen molar-refractivity contribution < 1.29 is 19.4 Å². The van der Waals surface area contributed by atoms with Crippen LogP contribution in [-0.2, 0) is 20.7 Å². The second kappa shape index (κ2) is 8.15. The normalized spacial score (nSPS) is 18.2. The summed E-state index contributed by atoms with van der Waals surface area (Å²) in [5.41, 5.74) is 1.16. The quantitative estimate of drug-likeness (QED) is 0.872. The molecule has 1 amide bonds. The molecule has 0 aromatic heterocycles.